The highest BCUT2D eigenvalue weighted by molar-refractivity contribution is 7.26. The molecule has 2 nitrogen and oxygen atoms in total. The molecule has 0 radical (unpaired) electrons. The highest BCUT2D eigenvalue weighted by Gasteiger charge is 2.37. The maximum Gasteiger partial charge on any atom is 0.0941 e. The number of benzene rings is 8. The minimum absolute atomic E-state index is 0.0892. The van der Waals surface area contributed by atoms with Gasteiger partial charge in [0, 0.05) is 25.7 Å². The van der Waals surface area contributed by atoms with Crippen molar-refractivity contribution < 1.29 is 0 Å². The average Bonchev–Trinajstić information content (AvgIpc) is 3.71. The molecule has 0 saturated carbocycles. The fourth-order valence-corrected chi connectivity index (χ4v) is 9.63. The number of hydrogen-bond donors (Lipinski definition) is 0. The molecule has 0 amide bonds. The van der Waals surface area contributed by atoms with Crippen LogP contribution in [0.3, 0.4) is 0 Å². The van der Waals surface area contributed by atoms with Gasteiger partial charge < -0.3 is 0 Å². The summed E-state index contributed by atoms with van der Waals surface area (Å²) in [5.41, 5.74) is 10.2. The summed E-state index contributed by atoms with van der Waals surface area (Å²) in [5, 5.41) is 10.3. The van der Waals surface area contributed by atoms with E-state index >= 15 is 0 Å². The fourth-order valence-electron chi connectivity index (χ4n) is 8.32. The molecule has 1 aliphatic carbocycles. The average molecular weight is 627 g/mol. The summed E-state index contributed by atoms with van der Waals surface area (Å²) >= 11 is 1.93. The lowest BCUT2D eigenvalue weighted by atomic mass is 9.87. The second-order valence-corrected chi connectivity index (χ2v) is 13.8. The van der Waals surface area contributed by atoms with Gasteiger partial charge in [-0.1, -0.05) is 133 Å². The van der Waals surface area contributed by atoms with Crippen molar-refractivity contribution in [3.05, 3.63) is 168 Å². The molecule has 0 saturated heterocycles. The van der Waals surface area contributed by atoms with Crippen molar-refractivity contribution in [2.24, 2.45) is 0 Å². The fraction of sp³-hybridized carbons (Fsp3) is 0.0222. The molecule has 222 valence electrons. The molecule has 3 heteroatoms. The molecule has 1 atom stereocenters. The van der Waals surface area contributed by atoms with Crippen molar-refractivity contribution in [3.8, 4) is 22.4 Å². The van der Waals surface area contributed by atoms with Crippen LogP contribution in [0.25, 0.3) is 85.9 Å². The van der Waals surface area contributed by atoms with Crippen LogP contribution in [0, 0.1) is 0 Å². The van der Waals surface area contributed by atoms with Crippen molar-refractivity contribution in [2.45, 2.75) is 5.92 Å². The van der Waals surface area contributed by atoms with Gasteiger partial charge in [-0.15, -0.1) is 11.3 Å². The second-order valence-electron chi connectivity index (χ2n) is 12.8. The second kappa shape index (κ2) is 9.80. The molecule has 0 N–H and O–H groups in total. The molecule has 2 aromatic heterocycles. The summed E-state index contributed by atoms with van der Waals surface area (Å²) < 4.78 is 2.66. The Bertz CT molecular complexity index is 2970. The molecular formula is C45H26N2S. The first-order chi connectivity index (χ1) is 23.8. The maximum absolute atomic E-state index is 5.57. The zero-order valence-corrected chi connectivity index (χ0v) is 26.6. The molecule has 10 aromatic rings. The van der Waals surface area contributed by atoms with Crippen LogP contribution in [0.2, 0.25) is 0 Å². The highest BCUT2D eigenvalue weighted by atomic mass is 32.1. The minimum Gasteiger partial charge on any atom is -0.248 e. The molecule has 0 fully saturated rings. The lowest BCUT2D eigenvalue weighted by Gasteiger charge is -2.20. The van der Waals surface area contributed by atoms with E-state index in [1.54, 1.807) is 0 Å². The molecule has 8 aromatic carbocycles. The predicted octanol–water partition coefficient (Wildman–Crippen LogP) is 12.3. The van der Waals surface area contributed by atoms with Gasteiger partial charge in [-0.3, -0.25) is 0 Å². The van der Waals surface area contributed by atoms with Crippen LogP contribution >= 0.6 is 11.3 Å². The summed E-state index contributed by atoms with van der Waals surface area (Å²) in [6.45, 7) is 0. The van der Waals surface area contributed by atoms with Crippen LogP contribution in [0.15, 0.2) is 152 Å². The summed E-state index contributed by atoms with van der Waals surface area (Å²) in [4.78, 5) is 11.0. The smallest absolute Gasteiger partial charge is 0.0941 e. The quantitative estimate of drug-likeness (QED) is 0.191. The molecule has 48 heavy (non-hydrogen) atoms. The maximum atomic E-state index is 5.57. The van der Waals surface area contributed by atoms with Crippen LogP contribution in [0.1, 0.15) is 22.7 Å². The Morgan fingerprint density at radius 1 is 0.458 bits per heavy atom. The molecule has 0 aliphatic heterocycles. The van der Waals surface area contributed by atoms with Crippen LogP contribution in [0.5, 0.6) is 0 Å². The first-order valence-electron chi connectivity index (χ1n) is 16.5. The van der Waals surface area contributed by atoms with Gasteiger partial charge in [-0.25, -0.2) is 9.97 Å². The van der Waals surface area contributed by atoms with Crippen molar-refractivity contribution in [3.63, 3.8) is 0 Å². The summed E-state index contributed by atoms with van der Waals surface area (Å²) in [6.07, 6.45) is 0. The van der Waals surface area contributed by atoms with E-state index in [4.69, 9.17) is 9.97 Å². The number of rotatable bonds is 2. The summed E-state index contributed by atoms with van der Waals surface area (Å²) in [6, 6.07) is 54.9. The van der Waals surface area contributed by atoms with E-state index in [-0.39, 0.29) is 5.92 Å². The van der Waals surface area contributed by atoms with Crippen molar-refractivity contribution in [1.29, 1.82) is 0 Å². The zero-order chi connectivity index (χ0) is 31.3. The topological polar surface area (TPSA) is 25.8 Å². The SMILES string of the molecule is c1ccc2c(c1)-c1c(c3sc4ccc5ccccc5c4c3c3ccccc13)C2c1nc2ccccc2nc1-c1cccc2ccccc12. The Morgan fingerprint density at radius 2 is 1.08 bits per heavy atom. The number of hydrogen-bond acceptors (Lipinski definition) is 3. The van der Waals surface area contributed by atoms with E-state index in [0.717, 1.165) is 28.0 Å². The minimum atomic E-state index is -0.0892. The van der Waals surface area contributed by atoms with Crippen LogP contribution in [0.4, 0.5) is 0 Å². The Labute approximate surface area is 280 Å². The van der Waals surface area contributed by atoms with E-state index in [2.05, 4.69) is 152 Å². The zero-order valence-electron chi connectivity index (χ0n) is 25.8. The Morgan fingerprint density at radius 3 is 1.94 bits per heavy atom. The summed E-state index contributed by atoms with van der Waals surface area (Å²) in [7, 11) is 0. The van der Waals surface area contributed by atoms with Crippen molar-refractivity contribution in [1.82, 2.24) is 9.97 Å². The Balaban J connectivity index is 1.34. The summed E-state index contributed by atoms with van der Waals surface area (Å²) in [5.74, 6) is -0.0892. The molecular weight excluding hydrogens is 601 g/mol. The standard InChI is InChI=1S/C45H26N2S/c1-3-15-28-26(12-1)14-11-21-34(28)43-44(47-36-23-10-9-22-35(36)46-43)40-32-19-7-5-17-30(32)38-31-18-6-8-20-33(31)41-39-29-16-4-2-13-27(29)24-25-37(39)48-45(41)42(38)40/h1-25,40H. The Hall–Kier alpha value is -5.90. The number of nitrogens with zero attached hydrogens (tertiary/aromatic N) is 2. The molecule has 1 aliphatic rings. The van der Waals surface area contributed by atoms with E-state index < -0.39 is 0 Å². The van der Waals surface area contributed by atoms with Crippen LogP contribution in [-0.4, -0.2) is 9.97 Å². The number of aromatic nitrogens is 2. The lowest BCUT2D eigenvalue weighted by Crippen LogP contribution is -2.07. The first kappa shape index (κ1) is 26.2. The first-order valence-corrected chi connectivity index (χ1v) is 17.3. The number of fused-ring (bicyclic) bond motifs is 14. The van der Waals surface area contributed by atoms with E-state index in [0.29, 0.717) is 0 Å². The lowest BCUT2D eigenvalue weighted by molar-refractivity contribution is 0.958. The Kier molecular flexibility index (Phi) is 5.35. The van der Waals surface area contributed by atoms with Gasteiger partial charge in [0.2, 0.25) is 0 Å². The largest absolute Gasteiger partial charge is 0.248 e. The van der Waals surface area contributed by atoms with Gasteiger partial charge in [-0.2, -0.15) is 0 Å². The number of para-hydroxylation sites is 2. The molecule has 1 unspecified atom stereocenters. The van der Waals surface area contributed by atoms with Gasteiger partial charge in [0.15, 0.2) is 0 Å². The molecule has 0 bridgehead atoms. The van der Waals surface area contributed by atoms with Gasteiger partial charge in [-0.05, 0) is 72.8 Å². The van der Waals surface area contributed by atoms with Gasteiger partial charge in [0.05, 0.1) is 28.3 Å². The third-order valence-electron chi connectivity index (χ3n) is 10.3. The monoisotopic (exact) mass is 626 g/mol. The van der Waals surface area contributed by atoms with Crippen molar-refractivity contribution >= 4 is 74.9 Å². The van der Waals surface area contributed by atoms with Crippen LogP contribution < -0.4 is 0 Å². The van der Waals surface area contributed by atoms with Gasteiger partial charge in [0.1, 0.15) is 0 Å². The van der Waals surface area contributed by atoms with Crippen molar-refractivity contribution in [2.75, 3.05) is 0 Å². The molecule has 2 heterocycles. The van der Waals surface area contributed by atoms with E-state index in [1.165, 1.54) is 74.7 Å². The molecule has 11 rings (SSSR count). The molecule has 0 spiro atoms. The number of thiophene rings is 1. The normalized spacial score (nSPS) is 14.0. The van der Waals surface area contributed by atoms with E-state index in [1.807, 2.05) is 11.3 Å². The third kappa shape index (κ3) is 3.51. The third-order valence-corrected chi connectivity index (χ3v) is 11.5. The van der Waals surface area contributed by atoms with E-state index in [9.17, 15) is 0 Å². The highest BCUT2D eigenvalue weighted by Crippen LogP contribution is 2.58. The van der Waals surface area contributed by atoms with Gasteiger partial charge >= 0.3 is 0 Å². The van der Waals surface area contributed by atoms with Crippen LogP contribution in [-0.2, 0) is 0 Å². The predicted molar refractivity (Wildman–Crippen MR) is 203 cm³/mol. The van der Waals surface area contributed by atoms with Gasteiger partial charge in [0.25, 0.3) is 0 Å².